The lowest BCUT2D eigenvalue weighted by molar-refractivity contribution is 0.0407. The highest BCUT2D eigenvalue weighted by Gasteiger charge is 2.38. The Morgan fingerprint density at radius 2 is 1.93 bits per heavy atom. The first-order valence-electron chi connectivity index (χ1n) is 10.7. The highest BCUT2D eigenvalue weighted by atomic mass is 16.4. The molecule has 1 aromatic heterocycles. The molecular weight excluding hydrogens is 340 g/mol. The van der Waals surface area contributed by atoms with E-state index in [-0.39, 0.29) is 5.54 Å². The third kappa shape index (κ3) is 5.48. The van der Waals surface area contributed by atoms with Crippen LogP contribution in [-0.2, 0) is 0 Å². The van der Waals surface area contributed by atoms with E-state index >= 15 is 0 Å². The van der Waals surface area contributed by atoms with Crippen molar-refractivity contribution in [1.29, 1.82) is 0 Å². The Kier molecular flexibility index (Phi) is 7.59. The number of hydrogen-bond acceptors (Lipinski definition) is 4. The highest BCUT2D eigenvalue weighted by Crippen LogP contribution is 2.35. The number of aliphatic hydroxyl groups excluding tert-OH is 1. The van der Waals surface area contributed by atoms with Crippen LogP contribution in [0.1, 0.15) is 70.2 Å². The van der Waals surface area contributed by atoms with E-state index in [9.17, 15) is 5.11 Å². The second-order valence-corrected chi connectivity index (χ2v) is 7.94. The van der Waals surface area contributed by atoms with Crippen LogP contribution in [0.3, 0.4) is 0 Å². The van der Waals surface area contributed by atoms with Crippen molar-refractivity contribution in [1.82, 2.24) is 15.5 Å². The summed E-state index contributed by atoms with van der Waals surface area (Å²) in [6.07, 6.45) is 11.4. The minimum atomic E-state index is -0.672. The number of piperidine rings is 1. The van der Waals surface area contributed by atoms with Crippen molar-refractivity contribution in [2.75, 3.05) is 32.7 Å². The summed E-state index contributed by atoms with van der Waals surface area (Å²) < 4.78 is 5.28. The first-order valence-corrected chi connectivity index (χ1v) is 10.7. The number of guanidine groups is 1. The molecule has 3 N–H and O–H groups in total. The first-order chi connectivity index (χ1) is 13.2. The molecule has 1 aliphatic carbocycles. The van der Waals surface area contributed by atoms with Crippen LogP contribution in [0.2, 0.25) is 0 Å². The zero-order valence-corrected chi connectivity index (χ0v) is 16.8. The van der Waals surface area contributed by atoms with Crippen molar-refractivity contribution in [2.24, 2.45) is 4.99 Å². The fourth-order valence-electron chi connectivity index (χ4n) is 4.50. The molecular formula is C21H36N4O2. The normalized spacial score (nSPS) is 22.4. The summed E-state index contributed by atoms with van der Waals surface area (Å²) >= 11 is 0. The number of likely N-dealkylation sites (tertiary alicyclic amines) is 1. The Balaban J connectivity index is 1.63. The van der Waals surface area contributed by atoms with E-state index in [1.807, 2.05) is 0 Å². The van der Waals surface area contributed by atoms with Crippen molar-refractivity contribution in [3.05, 3.63) is 24.2 Å². The van der Waals surface area contributed by atoms with Crippen LogP contribution in [0.5, 0.6) is 0 Å². The Morgan fingerprint density at radius 3 is 2.59 bits per heavy atom. The van der Waals surface area contributed by atoms with Gasteiger partial charge in [0, 0.05) is 12.1 Å². The summed E-state index contributed by atoms with van der Waals surface area (Å²) in [6, 6.07) is 3.59. The van der Waals surface area contributed by atoms with Crippen LogP contribution in [0.25, 0.3) is 0 Å². The number of nitrogens with one attached hydrogen (secondary N) is 2. The van der Waals surface area contributed by atoms with Gasteiger partial charge in [-0.3, -0.25) is 9.89 Å². The summed E-state index contributed by atoms with van der Waals surface area (Å²) in [7, 11) is 0. The zero-order valence-electron chi connectivity index (χ0n) is 16.8. The zero-order chi connectivity index (χ0) is 19.0. The van der Waals surface area contributed by atoms with Gasteiger partial charge in [-0.15, -0.1) is 0 Å². The highest BCUT2D eigenvalue weighted by molar-refractivity contribution is 5.79. The average Bonchev–Trinajstić information content (AvgIpc) is 3.26. The first kappa shape index (κ1) is 20.2. The van der Waals surface area contributed by atoms with Crippen molar-refractivity contribution in [3.8, 4) is 0 Å². The fraction of sp³-hybridized carbons (Fsp3) is 0.762. The molecule has 0 spiro atoms. The number of hydrogen-bond donors (Lipinski definition) is 3. The number of nitrogens with zero attached hydrogens (tertiary/aromatic N) is 2. The van der Waals surface area contributed by atoms with Crippen LogP contribution < -0.4 is 10.6 Å². The maximum atomic E-state index is 10.3. The maximum Gasteiger partial charge on any atom is 0.191 e. The van der Waals surface area contributed by atoms with Crippen LogP contribution in [-0.4, -0.2) is 54.2 Å². The third-order valence-corrected chi connectivity index (χ3v) is 6.02. The van der Waals surface area contributed by atoms with E-state index < -0.39 is 6.10 Å². The minimum absolute atomic E-state index is 0.223. The topological polar surface area (TPSA) is 73.0 Å². The van der Waals surface area contributed by atoms with E-state index in [1.165, 1.54) is 64.5 Å². The standard InChI is InChI=1S/C21H36N4O2/c1-2-22-20(23-16-18(26)19-10-9-15-27-19)24-17-21(11-5-3-6-12-21)25-13-7-4-8-14-25/h9-10,15,18,26H,2-8,11-14,16-17H2,1H3,(H2,22,23,24). The minimum Gasteiger partial charge on any atom is -0.467 e. The predicted octanol–water partition coefficient (Wildman–Crippen LogP) is 3.06. The van der Waals surface area contributed by atoms with Crippen molar-refractivity contribution in [3.63, 3.8) is 0 Å². The summed E-state index contributed by atoms with van der Waals surface area (Å²) in [6.45, 7) is 6.53. The van der Waals surface area contributed by atoms with Crippen LogP contribution in [0, 0.1) is 0 Å². The molecule has 1 saturated heterocycles. The lowest BCUT2D eigenvalue weighted by Gasteiger charge is -2.47. The molecule has 0 amide bonds. The van der Waals surface area contributed by atoms with E-state index in [1.54, 1.807) is 18.4 Å². The van der Waals surface area contributed by atoms with Gasteiger partial charge in [-0.1, -0.05) is 25.7 Å². The van der Waals surface area contributed by atoms with Gasteiger partial charge >= 0.3 is 0 Å². The van der Waals surface area contributed by atoms with E-state index in [0.29, 0.717) is 12.3 Å². The molecule has 1 aliphatic heterocycles. The van der Waals surface area contributed by atoms with Gasteiger partial charge < -0.3 is 20.2 Å². The molecule has 6 heteroatoms. The monoisotopic (exact) mass is 376 g/mol. The molecule has 27 heavy (non-hydrogen) atoms. The largest absolute Gasteiger partial charge is 0.467 e. The number of aliphatic imine (C=N–C) groups is 1. The molecule has 1 aromatic rings. The van der Waals surface area contributed by atoms with E-state index in [2.05, 4.69) is 22.5 Å². The number of aliphatic hydroxyl groups is 1. The maximum absolute atomic E-state index is 10.3. The van der Waals surface area contributed by atoms with E-state index in [4.69, 9.17) is 9.41 Å². The van der Waals surface area contributed by atoms with Gasteiger partial charge in [0.15, 0.2) is 5.96 Å². The van der Waals surface area contributed by atoms with Crippen molar-refractivity contribution < 1.29 is 9.52 Å². The SMILES string of the molecule is CCNC(=NCC1(N2CCCCC2)CCCCC1)NCC(O)c1ccco1. The van der Waals surface area contributed by atoms with Gasteiger partial charge in [0.05, 0.1) is 19.4 Å². The predicted molar refractivity (Wildman–Crippen MR) is 109 cm³/mol. The van der Waals surface area contributed by atoms with Crippen LogP contribution in [0.15, 0.2) is 27.8 Å². The summed E-state index contributed by atoms with van der Waals surface area (Å²) in [5.41, 5.74) is 0.223. The molecule has 0 bridgehead atoms. The molecule has 0 radical (unpaired) electrons. The lowest BCUT2D eigenvalue weighted by Crippen LogP contribution is -2.54. The second-order valence-electron chi connectivity index (χ2n) is 7.94. The molecule has 0 aromatic carbocycles. The molecule has 3 rings (SSSR count). The Hall–Kier alpha value is -1.53. The number of rotatable bonds is 7. The molecule has 1 unspecified atom stereocenters. The Bertz CT molecular complexity index is 561. The van der Waals surface area contributed by atoms with Gasteiger partial charge in [-0.25, -0.2) is 0 Å². The van der Waals surface area contributed by atoms with Gasteiger partial charge in [0.25, 0.3) is 0 Å². The molecule has 1 atom stereocenters. The molecule has 6 nitrogen and oxygen atoms in total. The summed E-state index contributed by atoms with van der Waals surface area (Å²) in [4.78, 5) is 7.67. The van der Waals surface area contributed by atoms with Crippen molar-refractivity contribution in [2.45, 2.75) is 69.9 Å². The lowest BCUT2D eigenvalue weighted by atomic mass is 9.79. The Morgan fingerprint density at radius 1 is 1.19 bits per heavy atom. The van der Waals surface area contributed by atoms with E-state index in [0.717, 1.165) is 19.0 Å². The summed E-state index contributed by atoms with van der Waals surface area (Å²) in [5.74, 6) is 1.36. The van der Waals surface area contributed by atoms with Gasteiger partial charge in [0.2, 0.25) is 0 Å². The average molecular weight is 377 g/mol. The van der Waals surface area contributed by atoms with Gasteiger partial charge in [-0.2, -0.15) is 0 Å². The summed E-state index contributed by atoms with van der Waals surface area (Å²) in [5, 5.41) is 16.9. The number of furan rings is 1. The van der Waals surface area contributed by atoms with Gasteiger partial charge in [-0.05, 0) is 57.8 Å². The second kappa shape index (κ2) is 10.1. The quantitative estimate of drug-likeness (QED) is 0.504. The third-order valence-electron chi connectivity index (χ3n) is 6.02. The van der Waals surface area contributed by atoms with Crippen LogP contribution >= 0.6 is 0 Å². The Labute approximate surface area is 163 Å². The molecule has 2 aliphatic rings. The molecule has 152 valence electrons. The molecule has 2 fully saturated rings. The fourth-order valence-corrected chi connectivity index (χ4v) is 4.50. The van der Waals surface area contributed by atoms with Crippen molar-refractivity contribution >= 4 is 5.96 Å². The molecule has 2 heterocycles. The smallest absolute Gasteiger partial charge is 0.191 e. The van der Waals surface area contributed by atoms with Crippen LogP contribution in [0.4, 0.5) is 0 Å². The molecule has 1 saturated carbocycles. The van der Waals surface area contributed by atoms with Gasteiger partial charge in [0.1, 0.15) is 11.9 Å².